The fourth-order valence-corrected chi connectivity index (χ4v) is 1.77. The number of ether oxygens (including phenoxy) is 1. The van der Waals surface area contributed by atoms with Gasteiger partial charge in [0.1, 0.15) is 0 Å². The zero-order valence-electron chi connectivity index (χ0n) is 7.75. The second-order valence-electron chi connectivity index (χ2n) is 3.62. The highest BCUT2D eigenvalue weighted by Gasteiger charge is 2.38. The monoisotopic (exact) mass is 170 g/mol. The number of aliphatic hydroxyl groups excluding tert-OH is 1. The quantitative estimate of drug-likeness (QED) is 0.638. The Kier molecular flexibility index (Phi) is 3.29. The molecular weight excluding hydrogens is 152 g/mol. The first-order valence-corrected chi connectivity index (χ1v) is 4.56. The molecular formula is C10H18O2. The van der Waals surface area contributed by atoms with Gasteiger partial charge >= 0.3 is 0 Å². The van der Waals surface area contributed by atoms with Crippen molar-refractivity contribution in [3.63, 3.8) is 0 Å². The van der Waals surface area contributed by atoms with Gasteiger partial charge in [-0.05, 0) is 25.7 Å². The molecule has 1 unspecified atom stereocenters. The summed E-state index contributed by atoms with van der Waals surface area (Å²) in [4.78, 5) is 0. The number of hydrogen-bond acceptors (Lipinski definition) is 2. The first kappa shape index (κ1) is 9.75. The first-order chi connectivity index (χ1) is 5.72. The lowest BCUT2D eigenvalue weighted by molar-refractivity contribution is -0.0985. The lowest BCUT2D eigenvalue weighted by atomic mass is 9.76. The molecule has 1 atom stereocenters. The van der Waals surface area contributed by atoms with Crippen molar-refractivity contribution in [1.29, 1.82) is 0 Å². The molecule has 0 bridgehead atoms. The van der Waals surface area contributed by atoms with Crippen molar-refractivity contribution in [1.82, 2.24) is 0 Å². The third-order valence-electron chi connectivity index (χ3n) is 2.74. The fraction of sp³-hybridized carbons (Fsp3) is 0.800. The average molecular weight is 170 g/mol. The smallest absolute Gasteiger partial charge is 0.0703 e. The predicted octanol–water partition coefficient (Wildman–Crippen LogP) is 1.88. The third kappa shape index (κ3) is 2.08. The second kappa shape index (κ2) is 4.06. The zero-order valence-corrected chi connectivity index (χ0v) is 7.75. The predicted molar refractivity (Wildman–Crippen MR) is 49.0 cm³/mol. The second-order valence-corrected chi connectivity index (χ2v) is 3.62. The summed E-state index contributed by atoms with van der Waals surface area (Å²) < 4.78 is 5.40. The summed E-state index contributed by atoms with van der Waals surface area (Å²) >= 11 is 0. The van der Waals surface area contributed by atoms with Crippen LogP contribution in [0.2, 0.25) is 0 Å². The Labute approximate surface area is 74.2 Å². The Hall–Kier alpha value is -0.340. The highest BCUT2D eigenvalue weighted by molar-refractivity contribution is 4.92. The van der Waals surface area contributed by atoms with Gasteiger partial charge in [-0.3, -0.25) is 0 Å². The summed E-state index contributed by atoms with van der Waals surface area (Å²) in [6.45, 7) is 3.60. The van der Waals surface area contributed by atoms with Gasteiger partial charge in [0.25, 0.3) is 0 Å². The standard InChI is InChI=1S/C10H18O2/c1-3-5-9(11)8-10(12-2)6-4-7-10/h3,9,11H,1,4-8H2,2H3. The minimum absolute atomic E-state index is 0.0115. The highest BCUT2D eigenvalue weighted by Crippen LogP contribution is 2.39. The van der Waals surface area contributed by atoms with Crippen LogP contribution in [-0.4, -0.2) is 23.9 Å². The van der Waals surface area contributed by atoms with E-state index in [1.165, 1.54) is 6.42 Å². The number of methoxy groups -OCH3 is 1. The normalized spacial score (nSPS) is 22.8. The van der Waals surface area contributed by atoms with E-state index in [1.807, 2.05) is 0 Å². The van der Waals surface area contributed by atoms with Crippen LogP contribution in [0.1, 0.15) is 32.1 Å². The van der Waals surface area contributed by atoms with Crippen molar-refractivity contribution in [2.24, 2.45) is 0 Å². The molecule has 1 aliphatic rings. The topological polar surface area (TPSA) is 29.5 Å². The molecule has 12 heavy (non-hydrogen) atoms. The Morgan fingerprint density at radius 1 is 1.67 bits per heavy atom. The van der Waals surface area contributed by atoms with Gasteiger partial charge in [0.05, 0.1) is 11.7 Å². The van der Waals surface area contributed by atoms with Crippen molar-refractivity contribution in [2.75, 3.05) is 7.11 Å². The summed E-state index contributed by atoms with van der Waals surface area (Å²) in [7, 11) is 1.74. The van der Waals surface area contributed by atoms with Gasteiger partial charge in [0, 0.05) is 13.5 Å². The Bertz CT molecular complexity index is 144. The first-order valence-electron chi connectivity index (χ1n) is 4.56. The van der Waals surface area contributed by atoms with Gasteiger partial charge in [-0.1, -0.05) is 6.08 Å². The van der Waals surface area contributed by atoms with Gasteiger partial charge in [0.2, 0.25) is 0 Å². The van der Waals surface area contributed by atoms with E-state index in [4.69, 9.17) is 4.74 Å². The van der Waals surface area contributed by atoms with Gasteiger partial charge in [0.15, 0.2) is 0 Å². The molecule has 0 spiro atoms. The maximum Gasteiger partial charge on any atom is 0.0703 e. The van der Waals surface area contributed by atoms with Crippen LogP contribution in [0.5, 0.6) is 0 Å². The van der Waals surface area contributed by atoms with Gasteiger partial charge in [-0.2, -0.15) is 0 Å². The maximum atomic E-state index is 9.53. The van der Waals surface area contributed by atoms with Crippen molar-refractivity contribution >= 4 is 0 Å². The summed E-state index contributed by atoms with van der Waals surface area (Å²) in [6.07, 6.45) is 6.33. The van der Waals surface area contributed by atoms with Crippen LogP contribution in [-0.2, 0) is 4.74 Å². The minimum atomic E-state index is -0.275. The Morgan fingerprint density at radius 2 is 2.33 bits per heavy atom. The Morgan fingerprint density at radius 3 is 2.67 bits per heavy atom. The lowest BCUT2D eigenvalue weighted by Crippen LogP contribution is -2.42. The minimum Gasteiger partial charge on any atom is -0.393 e. The van der Waals surface area contributed by atoms with E-state index in [9.17, 15) is 5.11 Å². The largest absolute Gasteiger partial charge is 0.393 e. The number of rotatable bonds is 5. The molecule has 1 saturated carbocycles. The molecule has 1 aliphatic carbocycles. The summed E-state index contributed by atoms with van der Waals surface area (Å²) in [5.74, 6) is 0. The van der Waals surface area contributed by atoms with Crippen molar-refractivity contribution < 1.29 is 9.84 Å². The van der Waals surface area contributed by atoms with Crippen molar-refractivity contribution in [2.45, 2.75) is 43.8 Å². The van der Waals surface area contributed by atoms with Crippen LogP contribution in [0.4, 0.5) is 0 Å². The Balaban J connectivity index is 2.31. The van der Waals surface area contributed by atoms with Crippen molar-refractivity contribution in [3.8, 4) is 0 Å². The van der Waals surface area contributed by atoms with Gasteiger partial charge in [-0.15, -0.1) is 6.58 Å². The SMILES string of the molecule is C=CCC(O)CC1(OC)CCC1. The summed E-state index contributed by atoms with van der Waals surface area (Å²) in [6, 6.07) is 0. The molecule has 0 saturated heterocycles. The van der Waals surface area contributed by atoms with E-state index < -0.39 is 0 Å². The molecule has 70 valence electrons. The fourth-order valence-electron chi connectivity index (χ4n) is 1.77. The molecule has 0 aromatic rings. The molecule has 0 aromatic heterocycles. The summed E-state index contributed by atoms with van der Waals surface area (Å²) in [5.41, 5.74) is -0.0115. The van der Waals surface area contributed by atoms with Crippen LogP contribution in [0.25, 0.3) is 0 Å². The molecule has 0 amide bonds. The van der Waals surface area contributed by atoms with E-state index in [2.05, 4.69) is 6.58 Å². The van der Waals surface area contributed by atoms with Crippen LogP contribution in [0.3, 0.4) is 0 Å². The number of hydrogen-bond donors (Lipinski definition) is 1. The molecule has 0 heterocycles. The van der Waals surface area contributed by atoms with Gasteiger partial charge < -0.3 is 9.84 Å². The van der Waals surface area contributed by atoms with Crippen LogP contribution < -0.4 is 0 Å². The van der Waals surface area contributed by atoms with E-state index in [1.54, 1.807) is 13.2 Å². The molecule has 1 N–H and O–H groups in total. The maximum absolute atomic E-state index is 9.53. The highest BCUT2D eigenvalue weighted by atomic mass is 16.5. The average Bonchev–Trinajstić information content (AvgIpc) is 1.97. The van der Waals surface area contributed by atoms with E-state index in [0.717, 1.165) is 19.3 Å². The molecule has 2 nitrogen and oxygen atoms in total. The molecule has 2 heteroatoms. The van der Waals surface area contributed by atoms with Crippen LogP contribution in [0.15, 0.2) is 12.7 Å². The van der Waals surface area contributed by atoms with E-state index in [0.29, 0.717) is 6.42 Å². The molecule has 0 aliphatic heterocycles. The molecule has 1 rings (SSSR count). The molecule has 1 fully saturated rings. The third-order valence-corrected chi connectivity index (χ3v) is 2.74. The van der Waals surface area contributed by atoms with E-state index >= 15 is 0 Å². The van der Waals surface area contributed by atoms with Crippen LogP contribution >= 0.6 is 0 Å². The van der Waals surface area contributed by atoms with Crippen LogP contribution in [0, 0.1) is 0 Å². The van der Waals surface area contributed by atoms with Crippen molar-refractivity contribution in [3.05, 3.63) is 12.7 Å². The van der Waals surface area contributed by atoms with E-state index in [-0.39, 0.29) is 11.7 Å². The molecule has 0 radical (unpaired) electrons. The zero-order chi connectivity index (χ0) is 9.03. The number of aliphatic hydroxyl groups is 1. The summed E-state index contributed by atoms with van der Waals surface area (Å²) in [5, 5.41) is 9.53. The van der Waals surface area contributed by atoms with Gasteiger partial charge in [-0.25, -0.2) is 0 Å². The molecule has 0 aromatic carbocycles. The lowest BCUT2D eigenvalue weighted by Gasteiger charge is -2.41.